The molecule has 0 aliphatic heterocycles. The maximum Gasteiger partial charge on any atom is 0.169 e. The highest BCUT2D eigenvalue weighted by molar-refractivity contribution is 5.57. The number of nitrogens with zero attached hydrogens (tertiary/aromatic N) is 4. The highest BCUT2D eigenvalue weighted by Crippen LogP contribution is 2.23. The molecule has 0 fully saturated rings. The molecule has 4 heteroatoms. The van der Waals surface area contributed by atoms with E-state index in [9.17, 15) is 5.26 Å². The van der Waals surface area contributed by atoms with Crippen LogP contribution in [0.25, 0.3) is 0 Å². The Morgan fingerprint density at radius 3 is 2.22 bits per heavy atom. The van der Waals surface area contributed by atoms with Crippen LogP contribution < -0.4 is 4.90 Å². The van der Waals surface area contributed by atoms with Crippen LogP contribution in [-0.4, -0.2) is 22.8 Å². The molecule has 0 unspecified atom stereocenters. The lowest BCUT2D eigenvalue weighted by Gasteiger charge is -2.30. The van der Waals surface area contributed by atoms with Crippen molar-refractivity contribution in [3.8, 4) is 6.07 Å². The van der Waals surface area contributed by atoms with E-state index in [-0.39, 0.29) is 0 Å². The molecule has 0 bridgehead atoms. The Labute approximate surface area is 110 Å². The number of anilines is 1. The third-order valence-electron chi connectivity index (χ3n) is 3.01. The monoisotopic (exact) mass is 246 g/mol. The summed E-state index contributed by atoms with van der Waals surface area (Å²) in [5, 5.41) is 17.7. The maximum atomic E-state index is 9.34. The first-order chi connectivity index (χ1) is 8.38. The summed E-state index contributed by atoms with van der Waals surface area (Å²) < 4.78 is 0. The number of aromatic nitrogens is 2. The van der Waals surface area contributed by atoms with E-state index in [1.54, 1.807) is 0 Å². The van der Waals surface area contributed by atoms with E-state index in [1.807, 2.05) is 13.8 Å². The lowest BCUT2D eigenvalue weighted by molar-refractivity contribution is 0.562. The first kappa shape index (κ1) is 14.4. The molecule has 0 aliphatic carbocycles. The smallest absolute Gasteiger partial charge is 0.169 e. The summed E-state index contributed by atoms with van der Waals surface area (Å²) in [6.07, 6.45) is 0. The van der Waals surface area contributed by atoms with Crippen molar-refractivity contribution in [3.05, 3.63) is 16.8 Å². The second kappa shape index (κ2) is 5.81. The van der Waals surface area contributed by atoms with Crippen molar-refractivity contribution in [2.75, 3.05) is 11.4 Å². The van der Waals surface area contributed by atoms with Gasteiger partial charge in [-0.1, -0.05) is 13.8 Å². The topological polar surface area (TPSA) is 52.8 Å². The molecule has 18 heavy (non-hydrogen) atoms. The molecule has 0 spiro atoms. The molecule has 4 nitrogen and oxygen atoms in total. The summed E-state index contributed by atoms with van der Waals surface area (Å²) in [5.41, 5.74) is 2.40. The quantitative estimate of drug-likeness (QED) is 0.819. The zero-order chi connectivity index (χ0) is 13.9. The molecule has 0 atom stereocenters. The van der Waals surface area contributed by atoms with Crippen LogP contribution in [0.15, 0.2) is 0 Å². The number of hydrogen-bond donors (Lipinski definition) is 0. The molecule has 1 aromatic rings. The summed E-state index contributed by atoms with van der Waals surface area (Å²) in [6.45, 7) is 13.2. The average molecular weight is 246 g/mol. The second-order valence-electron chi connectivity index (χ2n) is 5.36. The van der Waals surface area contributed by atoms with Gasteiger partial charge in [-0.05, 0) is 39.2 Å². The minimum absolute atomic E-state index is 0.302. The molecule has 0 N–H and O–H groups in total. The van der Waals surface area contributed by atoms with Gasteiger partial charge in [0, 0.05) is 12.6 Å². The number of nitriles is 1. The van der Waals surface area contributed by atoms with E-state index >= 15 is 0 Å². The summed E-state index contributed by atoms with van der Waals surface area (Å²) in [4.78, 5) is 2.16. The van der Waals surface area contributed by atoms with Crippen molar-refractivity contribution in [2.45, 2.75) is 47.6 Å². The maximum absolute atomic E-state index is 9.34. The molecular weight excluding hydrogens is 224 g/mol. The van der Waals surface area contributed by atoms with Gasteiger partial charge in [0.25, 0.3) is 0 Å². The summed E-state index contributed by atoms with van der Waals surface area (Å²) in [5.74, 6) is 1.23. The van der Waals surface area contributed by atoms with E-state index in [0.717, 1.165) is 17.8 Å². The molecule has 98 valence electrons. The Bertz CT molecular complexity index is 458. The van der Waals surface area contributed by atoms with E-state index in [1.165, 1.54) is 0 Å². The third-order valence-corrected chi connectivity index (χ3v) is 3.01. The first-order valence-corrected chi connectivity index (χ1v) is 6.39. The molecule has 1 rings (SSSR count). The van der Waals surface area contributed by atoms with Gasteiger partial charge in [-0.2, -0.15) is 10.4 Å². The fourth-order valence-corrected chi connectivity index (χ4v) is 1.87. The van der Waals surface area contributed by atoms with E-state index < -0.39 is 0 Å². The predicted molar refractivity (Wildman–Crippen MR) is 73.5 cm³/mol. The minimum Gasteiger partial charge on any atom is -0.351 e. The van der Waals surface area contributed by atoms with Gasteiger partial charge < -0.3 is 4.90 Å². The SMILES string of the molecule is Cc1nnc(N(CC(C)C)C(C)C)c(C#N)c1C. The van der Waals surface area contributed by atoms with Crippen LogP contribution in [0, 0.1) is 31.1 Å². The standard InChI is InChI=1S/C14H22N4/c1-9(2)8-18(10(3)4)14-13(7-15)11(5)12(6)16-17-14/h9-10H,8H2,1-6H3. The molecule has 0 saturated heterocycles. The van der Waals surface area contributed by atoms with Crippen molar-refractivity contribution >= 4 is 5.82 Å². The summed E-state index contributed by atoms with van der Waals surface area (Å²) >= 11 is 0. The number of rotatable bonds is 4. The Balaban J connectivity index is 3.29. The molecular formula is C14H22N4. The van der Waals surface area contributed by atoms with Gasteiger partial charge in [0.1, 0.15) is 11.6 Å². The molecule has 1 aromatic heterocycles. The van der Waals surface area contributed by atoms with Crippen LogP contribution in [0.4, 0.5) is 5.82 Å². The van der Waals surface area contributed by atoms with Gasteiger partial charge in [0.2, 0.25) is 0 Å². The summed E-state index contributed by atoms with van der Waals surface area (Å²) in [6, 6.07) is 2.57. The Kier molecular flexibility index (Phi) is 4.66. The van der Waals surface area contributed by atoms with Crippen molar-refractivity contribution in [3.63, 3.8) is 0 Å². The van der Waals surface area contributed by atoms with Crippen LogP contribution in [0.5, 0.6) is 0 Å². The van der Waals surface area contributed by atoms with E-state index in [0.29, 0.717) is 23.3 Å². The zero-order valence-electron chi connectivity index (χ0n) is 12.2. The number of aryl methyl sites for hydroxylation is 1. The molecule has 0 saturated carbocycles. The summed E-state index contributed by atoms with van der Waals surface area (Å²) in [7, 11) is 0. The lowest BCUT2D eigenvalue weighted by atomic mass is 10.1. The predicted octanol–water partition coefficient (Wildman–Crippen LogP) is 2.84. The van der Waals surface area contributed by atoms with E-state index in [4.69, 9.17) is 0 Å². The molecule has 0 radical (unpaired) electrons. The van der Waals surface area contributed by atoms with E-state index in [2.05, 4.69) is 48.9 Å². The van der Waals surface area contributed by atoms with Gasteiger partial charge in [-0.3, -0.25) is 0 Å². The normalized spacial score (nSPS) is 10.8. The Morgan fingerprint density at radius 1 is 1.17 bits per heavy atom. The highest BCUT2D eigenvalue weighted by Gasteiger charge is 2.20. The average Bonchev–Trinajstić information content (AvgIpc) is 2.29. The zero-order valence-corrected chi connectivity index (χ0v) is 12.2. The highest BCUT2D eigenvalue weighted by atomic mass is 15.3. The van der Waals surface area contributed by atoms with Gasteiger partial charge in [0.15, 0.2) is 5.82 Å². The fraction of sp³-hybridized carbons (Fsp3) is 0.643. The molecule has 1 heterocycles. The van der Waals surface area contributed by atoms with Crippen molar-refractivity contribution in [1.29, 1.82) is 5.26 Å². The Hall–Kier alpha value is -1.63. The van der Waals surface area contributed by atoms with Crippen LogP contribution >= 0.6 is 0 Å². The first-order valence-electron chi connectivity index (χ1n) is 6.39. The van der Waals surface area contributed by atoms with Crippen LogP contribution in [-0.2, 0) is 0 Å². The third kappa shape index (κ3) is 2.98. The van der Waals surface area contributed by atoms with Crippen LogP contribution in [0.1, 0.15) is 44.5 Å². The van der Waals surface area contributed by atoms with Crippen molar-refractivity contribution < 1.29 is 0 Å². The van der Waals surface area contributed by atoms with Crippen LogP contribution in [0.2, 0.25) is 0 Å². The van der Waals surface area contributed by atoms with Crippen LogP contribution in [0.3, 0.4) is 0 Å². The largest absolute Gasteiger partial charge is 0.351 e. The van der Waals surface area contributed by atoms with Gasteiger partial charge in [0.05, 0.1) is 5.69 Å². The number of hydrogen-bond acceptors (Lipinski definition) is 4. The van der Waals surface area contributed by atoms with Crippen molar-refractivity contribution in [1.82, 2.24) is 10.2 Å². The molecule has 0 amide bonds. The van der Waals surface area contributed by atoms with Gasteiger partial charge in [-0.25, -0.2) is 0 Å². The van der Waals surface area contributed by atoms with Gasteiger partial charge >= 0.3 is 0 Å². The lowest BCUT2D eigenvalue weighted by Crippen LogP contribution is -2.36. The van der Waals surface area contributed by atoms with Gasteiger partial charge in [-0.15, -0.1) is 5.10 Å². The minimum atomic E-state index is 0.302. The molecule has 0 aromatic carbocycles. The van der Waals surface area contributed by atoms with Crippen molar-refractivity contribution in [2.24, 2.45) is 5.92 Å². The Morgan fingerprint density at radius 2 is 1.78 bits per heavy atom. The molecule has 0 aliphatic rings. The fourth-order valence-electron chi connectivity index (χ4n) is 1.87. The second-order valence-corrected chi connectivity index (χ2v) is 5.36.